The van der Waals surface area contributed by atoms with Crippen molar-refractivity contribution in [1.82, 2.24) is 0 Å². The van der Waals surface area contributed by atoms with Gasteiger partial charge in [0.2, 0.25) is 5.78 Å². The normalized spacial score (nSPS) is 10.3. The zero-order valence-corrected chi connectivity index (χ0v) is 12.8. The van der Waals surface area contributed by atoms with Gasteiger partial charge in [0.25, 0.3) is 0 Å². The van der Waals surface area contributed by atoms with Crippen molar-refractivity contribution in [1.29, 1.82) is 0 Å². The summed E-state index contributed by atoms with van der Waals surface area (Å²) in [6, 6.07) is 6.53. The van der Waals surface area contributed by atoms with Crippen LogP contribution in [0.2, 0.25) is 0 Å². The molecule has 6 heteroatoms. The fraction of sp³-hybridized carbons (Fsp3) is 0.133. The Labute approximate surface area is 128 Å². The smallest absolute Gasteiger partial charge is 0.202 e. The standard InChI is InChI=1S/C15H11BrF2O3/c1-20-9-3-4-13(21-2)10(7-9)15(19)14-11(17)5-8(16)6-12(14)18/h3-7H,1-2H3. The molecule has 0 amide bonds. The molecule has 0 atom stereocenters. The van der Waals surface area contributed by atoms with Gasteiger partial charge in [-0.05, 0) is 30.3 Å². The van der Waals surface area contributed by atoms with Crippen LogP contribution in [0.4, 0.5) is 8.78 Å². The van der Waals surface area contributed by atoms with Gasteiger partial charge in [0.1, 0.15) is 23.1 Å². The Hall–Kier alpha value is -1.95. The predicted octanol–water partition coefficient (Wildman–Crippen LogP) is 3.98. The van der Waals surface area contributed by atoms with Crippen LogP contribution < -0.4 is 9.47 Å². The molecule has 3 nitrogen and oxygen atoms in total. The first-order valence-electron chi connectivity index (χ1n) is 5.89. The summed E-state index contributed by atoms with van der Waals surface area (Å²) in [5.41, 5.74) is -0.610. The molecular weight excluding hydrogens is 346 g/mol. The topological polar surface area (TPSA) is 35.5 Å². The van der Waals surface area contributed by atoms with Gasteiger partial charge in [-0.2, -0.15) is 0 Å². The van der Waals surface area contributed by atoms with Crippen LogP contribution in [0.15, 0.2) is 34.8 Å². The minimum Gasteiger partial charge on any atom is -0.497 e. The molecule has 0 fully saturated rings. The molecule has 2 rings (SSSR count). The summed E-state index contributed by atoms with van der Waals surface area (Å²) in [6.45, 7) is 0. The molecule has 2 aromatic carbocycles. The molecule has 0 heterocycles. The number of benzene rings is 2. The molecule has 0 aliphatic carbocycles. The number of ether oxygens (including phenoxy) is 2. The van der Waals surface area contributed by atoms with Crippen molar-refractivity contribution in [3.05, 3.63) is 57.6 Å². The number of ketones is 1. The van der Waals surface area contributed by atoms with E-state index in [0.29, 0.717) is 5.75 Å². The van der Waals surface area contributed by atoms with Gasteiger partial charge >= 0.3 is 0 Å². The SMILES string of the molecule is COc1ccc(OC)c(C(=O)c2c(F)cc(Br)cc2F)c1. The van der Waals surface area contributed by atoms with Crippen LogP contribution in [0.25, 0.3) is 0 Å². The molecule has 0 aromatic heterocycles. The third kappa shape index (κ3) is 3.05. The highest BCUT2D eigenvalue weighted by Crippen LogP contribution is 2.29. The van der Waals surface area contributed by atoms with Crippen molar-refractivity contribution >= 4 is 21.7 Å². The Morgan fingerprint density at radius 3 is 2.19 bits per heavy atom. The Morgan fingerprint density at radius 1 is 1.05 bits per heavy atom. The fourth-order valence-corrected chi connectivity index (χ4v) is 2.29. The van der Waals surface area contributed by atoms with Gasteiger partial charge in [-0.25, -0.2) is 8.78 Å². The highest BCUT2D eigenvalue weighted by atomic mass is 79.9. The lowest BCUT2D eigenvalue weighted by Gasteiger charge is -2.11. The van der Waals surface area contributed by atoms with E-state index in [1.807, 2.05) is 0 Å². The third-order valence-corrected chi connectivity index (χ3v) is 3.34. The maximum absolute atomic E-state index is 13.9. The second-order valence-corrected chi connectivity index (χ2v) is 5.06. The Morgan fingerprint density at radius 2 is 1.67 bits per heavy atom. The first kappa shape index (κ1) is 15.4. The lowest BCUT2D eigenvalue weighted by Crippen LogP contribution is -2.09. The lowest BCUT2D eigenvalue weighted by molar-refractivity contribution is 0.102. The van der Waals surface area contributed by atoms with Crippen LogP contribution in [0, 0.1) is 11.6 Å². The number of hydrogen-bond donors (Lipinski definition) is 0. The van der Waals surface area contributed by atoms with E-state index < -0.39 is 23.0 Å². The minimum absolute atomic E-state index is 0.0250. The monoisotopic (exact) mass is 356 g/mol. The van der Waals surface area contributed by atoms with E-state index in [2.05, 4.69) is 15.9 Å². The molecule has 21 heavy (non-hydrogen) atoms. The predicted molar refractivity (Wildman–Crippen MR) is 77.0 cm³/mol. The van der Waals surface area contributed by atoms with Crippen molar-refractivity contribution in [2.45, 2.75) is 0 Å². The first-order valence-corrected chi connectivity index (χ1v) is 6.68. The molecule has 0 saturated heterocycles. The van der Waals surface area contributed by atoms with Crippen molar-refractivity contribution < 1.29 is 23.0 Å². The molecule has 0 N–H and O–H groups in total. The van der Waals surface area contributed by atoms with E-state index in [1.165, 1.54) is 26.4 Å². The van der Waals surface area contributed by atoms with Crippen LogP contribution >= 0.6 is 15.9 Å². The van der Waals surface area contributed by atoms with Crippen LogP contribution in [0.3, 0.4) is 0 Å². The Bertz CT molecular complexity index is 678. The number of carbonyl (C=O) groups excluding carboxylic acids is 1. The highest BCUT2D eigenvalue weighted by molar-refractivity contribution is 9.10. The Balaban J connectivity index is 2.59. The van der Waals surface area contributed by atoms with Gasteiger partial charge in [-0.1, -0.05) is 15.9 Å². The van der Waals surface area contributed by atoms with Crippen LogP contribution in [-0.4, -0.2) is 20.0 Å². The summed E-state index contributed by atoms with van der Waals surface area (Å²) >= 11 is 2.97. The number of rotatable bonds is 4. The number of halogens is 3. The van der Waals surface area contributed by atoms with Crippen molar-refractivity contribution in [2.24, 2.45) is 0 Å². The van der Waals surface area contributed by atoms with E-state index >= 15 is 0 Å². The van der Waals surface area contributed by atoms with Gasteiger partial charge in [0, 0.05) is 4.47 Å². The van der Waals surface area contributed by atoms with Gasteiger partial charge in [0.05, 0.1) is 25.3 Å². The molecule has 0 unspecified atom stereocenters. The van der Waals surface area contributed by atoms with Gasteiger partial charge < -0.3 is 9.47 Å². The van der Waals surface area contributed by atoms with Crippen molar-refractivity contribution in [3.8, 4) is 11.5 Å². The zero-order chi connectivity index (χ0) is 15.6. The average molecular weight is 357 g/mol. The number of methoxy groups -OCH3 is 2. The van der Waals surface area contributed by atoms with E-state index in [0.717, 1.165) is 12.1 Å². The molecular formula is C15H11BrF2O3. The number of carbonyl (C=O) groups is 1. The van der Waals surface area contributed by atoms with Gasteiger partial charge in [0.15, 0.2) is 0 Å². The molecule has 0 aliphatic heterocycles. The van der Waals surface area contributed by atoms with E-state index in [-0.39, 0.29) is 15.8 Å². The third-order valence-electron chi connectivity index (χ3n) is 2.89. The summed E-state index contributed by atoms with van der Waals surface area (Å²) in [5, 5.41) is 0. The van der Waals surface area contributed by atoms with E-state index in [9.17, 15) is 13.6 Å². The second kappa shape index (κ2) is 6.22. The summed E-state index contributed by atoms with van der Waals surface area (Å²) in [4.78, 5) is 12.4. The number of hydrogen-bond acceptors (Lipinski definition) is 3. The maximum atomic E-state index is 13.9. The molecule has 0 saturated carbocycles. The van der Waals surface area contributed by atoms with Crippen LogP contribution in [-0.2, 0) is 0 Å². The molecule has 0 aliphatic rings. The van der Waals surface area contributed by atoms with Crippen molar-refractivity contribution in [2.75, 3.05) is 14.2 Å². The molecule has 0 bridgehead atoms. The quantitative estimate of drug-likeness (QED) is 0.777. The maximum Gasteiger partial charge on any atom is 0.202 e. The lowest BCUT2D eigenvalue weighted by atomic mass is 10.0. The molecule has 0 radical (unpaired) electrons. The van der Waals surface area contributed by atoms with Crippen LogP contribution in [0.5, 0.6) is 11.5 Å². The Kier molecular flexibility index (Phi) is 4.57. The van der Waals surface area contributed by atoms with Crippen molar-refractivity contribution in [3.63, 3.8) is 0 Å². The minimum atomic E-state index is -0.947. The summed E-state index contributed by atoms with van der Waals surface area (Å²) in [5.74, 6) is -2.11. The highest BCUT2D eigenvalue weighted by Gasteiger charge is 2.23. The van der Waals surface area contributed by atoms with Crippen LogP contribution in [0.1, 0.15) is 15.9 Å². The first-order chi connectivity index (χ1) is 9.97. The average Bonchev–Trinajstić information content (AvgIpc) is 2.45. The summed E-state index contributed by atoms with van der Waals surface area (Å²) in [6.07, 6.45) is 0. The summed E-state index contributed by atoms with van der Waals surface area (Å²) in [7, 11) is 2.80. The van der Waals surface area contributed by atoms with E-state index in [4.69, 9.17) is 9.47 Å². The zero-order valence-electron chi connectivity index (χ0n) is 11.2. The molecule has 110 valence electrons. The second-order valence-electron chi connectivity index (χ2n) is 4.14. The molecule has 0 spiro atoms. The van der Waals surface area contributed by atoms with Gasteiger partial charge in [-0.3, -0.25) is 4.79 Å². The van der Waals surface area contributed by atoms with Gasteiger partial charge in [-0.15, -0.1) is 0 Å². The summed E-state index contributed by atoms with van der Waals surface area (Å²) < 4.78 is 38.1. The largest absolute Gasteiger partial charge is 0.497 e. The fourth-order valence-electron chi connectivity index (χ4n) is 1.89. The molecule has 2 aromatic rings. The van der Waals surface area contributed by atoms with E-state index in [1.54, 1.807) is 6.07 Å².